The molecular weight excluding hydrogens is 224 g/mol. The first-order valence-corrected chi connectivity index (χ1v) is 9.97. The highest BCUT2D eigenvalue weighted by Crippen LogP contribution is 2.35. The van der Waals surface area contributed by atoms with Crippen LogP contribution in [0.3, 0.4) is 0 Å². The van der Waals surface area contributed by atoms with Gasteiger partial charge in [-0.15, -0.1) is 0 Å². The molecule has 0 unspecified atom stereocenters. The molecule has 0 rings (SSSR count). The van der Waals surface area contributed by atoms with Crippen molar-refractivity contribution < 1.29 is 0 Å². The molecule has 0 amide bonds. The van der Waals surface area contributed by atoms with E-state index in [1.165, 1.54) is 0 Å². The molecule has 1 N–H and O–H groups in total. The van der Waals surface area contributed by atoms with Crippen LogP contribution in [0.2, 0.25) is 18.1 Å². The Labute approximate surface area is 110 Å². The quantitative estimate of drug-likeness (QED) is 0.731. The average Bonchev–Trinajstić information content (AvgIpc) is 2.10. The molecule has 0 saturated carbocycles. The molecule has 0 aliphatic rings. The monoisotopic (exact) mass is 258 g/mol. The van der Waals surface area contributed by atoms with Gasteiger partial charge in [0.05, 0.1) is 0 Å². The first-order valence-electron chi connectivity index (χ1n) is 6.97. The molecule has 0 aromatic rings. The van der Waals surface area contributed by atoms with Crippen molar-refractivity contribution in [1.29, 1.82) is 0 Å². The fourth-order valence-corrected chi connectivity index (χ4v) is 4.23. The minimum Gasteiger partial charge on any atom is -0.331 e. The van der Waals surface area contributed by atoms with Crippen LogP contribution in [0.4, 0.5) is 0 Å². The van der Waals surface area contributed by atoms with Crippen LogP contribution in [0.5, 0.6) is 0 Å². The number of hydrogen-bond acceptors (Lipinski definition) is 2. The van der Waals surface area contributed by atoms with Gasteiger partial charge in [-0.2, -0.15) is 0 Å². The Morgan fingerprint density at radius 3 is 1.65 bits per heavy atom. The van der Waals surface area contributed by atoms with E-state index in [0.717, 1.165) is 19.6 Å². The highest BCUT2D eigenvalue weighted by molar-refractivity contribution is 6.77. The van der Waals surface area contributed by atoms with Crippen molar-refractivity contribution in [2.24, 2.45) is 0 Å². The predicted molar refractivity (Wildman–Crippen MR) is 82.2 cm³/mol. The lowest BCUT2D eigenvalue weighted by atomic mass is 10.1. The maximum Gasteiger partial charge on any atom is 0.125 e. The van der Waals surface area contributed by atoms with Gasteiger partial charge in [0, 0.05) is 12.1 Å². The van der Waals surface area contributed by atoms with Crippen LogP contribution in [0.25, 0.3) is 0 Å². The van der Waals surface area contributed by atoms with Crippen LogP contribution >= 0.6 is 0 Å². The first kappa shape index (κ1) is 17.1. The fraction of sp³-hybridized carbons (Fsp3) is 1.00. The minimum absolute atomic E-state index is 0.203. The SMILES string of the molecule is CCN(CC)CC(C)(C)N[Si](C)(C)C(C)(C)C. The van der Waals surface area contributed by atoms with Gasteiger partial charge in [0.1, 0.15) is 8.24 Å². The molecule has 0 fully saturated rings. The smallest absolute Gasteiger partial charge is 0.125 e. The van der Waals surface area contributed by atoms with Crippen LogP contribution in [0, 0.1) is 0 Å². The molecule has 0 saturated heterocycles. The van der Waals surface area contributed by atoms with E-state index in [-0.39, 0.29) is 5.54 Å². The third kappa shape index (κ3) is 5.54. The van der Waals surface area contributed by atoms with Crippen LogP contribution in [0.1, 0.15) is 48.5 Å². The zero-order chi connectivity index (χ0) is 13.9. The number of rotatable bonds is 6. The molecule has 0 bridgehead atoms. The zero-order valence-electron chi connectivity index (χ0n) is 13.6. The van der Waals surface area contributed by atoms with Crippen molar-refractivity contribution in [2.75, 3.05) is 19.6 Å². The molecule has 0 atom stereocenters. The predicted octanol–water partition coefficient (Wildman–Crippen LogP) is 3.70. The summed E-state index contributed by atoms with van der Waals surface area (Å²) >= 11 is 0. The summed E-state index contributed by atoms with van der Waals surface area (Å²) in [4.78, 5) is 6.47. The third-order valence-corrected chi connectivity index (χ3v) is 9.09. The molecule has 2 nitrogen and oxygen atoms in total. The Morgan fingerprint density at radius 1 is 0.941 bits per heavy atom. The molecule has 0 aliphatic carbocycles. The highest BCUT2D eigenvalue weighted by atomic mass is 28.3. The lowest BCUT2D eigenvalue weighted by molar-refractivity contribution is 0.232. The second-order valence-electron chi connectivity index (χ2n) is 7.35. The van der Waals surface area contributed by atoms with E-state index >= 15 is 0 Å². The van der Waals surface area contributed by atoms with E-state index in [1.807, 2.05) is 0 Å². The Kier molecular flexibility index (Phi) is 5.90. The Balaban J connectivity index is 4.64. The van der Waals surface area contributed by atoms with Crippen molar-refractivity contribution in [3.63, 3.8) is 0 Å². The molecule has 0 aromatic carbocycles. The fourth-order valence-electron chi connectivity index (χ4n) is 2.08. The van der Waals surface area contributed by atoms with Gasteiger partial charge in [-0.05, 0) is 32.0 Å². The average molecular weight is 259 g/mol. The maximum absolute atomic E-state index is 3.97. The first-order chi connectivity index (χ1) is 7.45. The number of hydrogen-bond donors (Lipinski definition) is 1. The highest BCUT2D eigenvalue weighted by Gasteiger charge is 2.39. The summed E-state index contributed by atoms with van der Waals surface area (Å²) in [6, 6.07) is 0. The van der Waals surface area contributed by atoms with E-state index in [2.05, 4.69) is 71.4 Å². The lowest BCUT2D eigenvalue weighted by Gasteiger charge is -2.45. The largest absolute Gasteiger partial charge is 0.331 e. The minimum atomic E-state index is -1.41. The number of nitrogens with one attached hydrogen (secondary N) is 1. The summed E-state index contributed by atoms with van der Waals surface area (Å²) in [5.41, 5.74) is 0.203. The van der Waals surface area contributed by atoms with Gasteiger partial charge >= 0.3 is 0 Å². The molecule has 3 heteroatoms. The summed E-state index contributed by atoms with van der Waals surface area (Å²) in [5.74, 6) is 0. The van der Waals surface area contributed by atoms with Gasteiger partial charge in [-0.1, -0.05) is 47.7 Å². The summed E-state index contributed by atoms with van der Waals surface area (Å²) in [6.45, 7) is 24.5. The molecule has 0 heterocycles. The van der Waals surface area contributed by atoms with Crippen molar-refractivity contribution >= 4 is 8.24 Å². The van der Waals surface area contributed by atoms with Crippen molar-refractivity contribution in [3.8, 4) is 0 Å². The summed E-state index contributed by atoms with van der Waals surface area (Å²) in [6.07, 6.45) is 0. The van der Waals surface area contributed by atoms with Crippen LogP contribution in [0.15, 0.2) is 0 Å². The lowest BCUT2D eigenvalue weighted by Crippen LogP contribution is -2.63. The van der Waals surface area contributed by atoms with Gasteiger partial charge in [0.25, 0.3) is 0 Å². The molecule has 104 valence electrons. The van der Waals surface area contributed by atoms with E-state index < -0.39 is 8.24 Å². The van der Waals surface area contributed by atoms with Crippen molar-refractivity contribution in [1.82, 2.24) is 9.88 Å². The molecule has 0 aromatic heterocycles. The van der Waals surface area contributed by atoms with Crippen molar-refractivity contribution in [2.45, 2.75) is 72.1 Å². The molecule has 0 radical (unpaired) electrons. The van der Waals surface area contributed by atoms with Gasteiger partial charge in [-0.3, -0.25) is 0 Å². The Morgan fingerprint density at radius 2 is 1.35 bits per heavy atom. The second-order valence-corrected chi connectivity index (χ2v) is 12.3. The second kappa shape index (κ2) is 5.85. The Hall–Kier alpha value is 0.137. The molecule has 17 heavy (non-hydrogen) atoms. The van der Waals surface area contributed by atoms with Gasteiger partial charge < -0.3 is 9.88 Å². The normalized spacial score (nSPS) is 14.5. The van der Waals surface area contributed by atoms with E-state index in [0.29, 0.717) is 5.04 Å². The van der Waals surface area contributed by atoms with E-state index in [9.17, 15) is 0 Å². The van der Waals surface area contributed by atoms with Crippen LogP contribution < -0.4 is 4.98 Å². The molecule has 0 spiro atoms. The zero-order valence-corrected chi connectivity index (χ0v) is 14.6. The van der Waals surface area contributed by atoms with Crippen molar-refractivity contribution in [3.05, 3.63) is 0 Å². The third-order valence-electron chi connectivity index (χ3n) is 4.04. The summed E-state index contributed by atoms with van der Waals surface area (Å²) < 4.78 is 0. The number of likely N-dealkylation sites (N-methyl/N-ethyl adjacent to an activating group) is 1. The van der Waals surface area contributed by atoms with Gasteiger partial charge in [-0.25, -0.2) is 0 Å². The maximum atomic E-state index is 3.97. The standard InChI is InChI=1S/C14H34N2Si/c1-10-16(11-2)12-14(6,7)15-17(8,9)13(3,4)5/h15H,10-12H2,1-9H3. The van der Waals surface area contributed by atoms with Gasteiger partial charge in [0.2, 0.25) is 0 Å². The van der Waals surface area contributed by atoms with Crippen LogP contribution in [-0.2, 0) is 0 Å². The molecule has 0 aliphatic heterocycles. The topological polar surface area (TPSA) is 15.3 Å². The van der Waals surface area contributed by atoms with E-state index in [1.54, 1.807) is 0 Å². The van der Waals surface area contributed by atoms with E-state index in [4.69, 9.17) is 0 Å². The summed E-state index contributed by atoms with van der Waals surface area (Å²) in [5, 5.41) is 0.396. The Bertz CT molecular complexity index is 225. The molecular formula is C14H34N2Si. The summed E-state index contributed by atoms with van der Waals surface area (Å²) in [7, 11) is -1.41. The number of nitrogens with zero attached hydrogens (tertiary/aromatic N) is 1. The van der Waals surface area contributed by atoms with Crippen LogP contribution in [-0.4, -0.2) is 38.3 Å². The van der Waals surface area contributed by atoms with Gasteiger partial charge in [0.15, 0.2) is 0 Å².